The molecule has 0 saturated carbocycles. The van der Waals surface area contributed by atoms with Crippen LogP contribution in [0.25, 0.3) is 10.6 Å². The van der Waals surface area contributed by atoms with E-state index in [2.05, 4.69) is 9.97 Å². The molecule has 0 aromatic carbocycles. The summed E-state index contributed by atoms with van der Waals surface area (Å²) in [4.78, 5) is 19.0. The van der Waals surface area contributed by atoms with Gasteiger partial charge < -0.3 is 9.90 Å². The van der Waals surface area contributed by atoms with Crippen LogP contribution in [0, 0.1) is 0 Å². The molecule has 0 unspecified atom stereocenters. The Kier molecular flexibility index (Phi) is 4.03. The number of carbonyl (C=O) groups excluding carboxylic acids is 1. The van der Waals surface area contributed by atoms with Crippen molar-refractivity contribution in [2.24, 2.45) is 0 Å². The van der Waals surface area contributed by atoms with Gasteiger partial charge in [0.2, 0.25) is 0 Å². The van der Waals surface area contributed by atoms with Crippen molar-refractivity contribution in [2.75, 3.05) is 0 Å². The number of aromatic nitrogens is 2. The van der Waals surface area contributed by atoms with Crippen molar-refractivity contribution in [3.63, 3.8) is 0 Å². The van der Waals surface area contributed by atoms with Gasteiger partial charge in [0.05, 0.1) is 10.6 Å². The first-order valence-electron chi connectivity index (χ1n) is 3.86. The van der Waals surface area contributed by atoms with Crippen molar-refractivity contribution in [3.8, 4) is 10.6 Å². The zero-order valence-corrected chi connectivity index (χ0v) is 8.82. The van der Waals surface area contributed by atoms with E-state index in [1.807, 2.05) is 6.07 Å². The van der Waals surface area contributed by atoms with Gasteiger partial charge in [-0.15, -0.1) is 11.3 Å². The summed E-state index contributed by atoms with van der Waals surface area (Å²) < 4.78 is 0. The molecule has 0 amide bonds. The van der Waals surface area contributed by atoms with Crippen LogP contribution in [0.4, 0.5) is 0 Å². The average Bonchev–Trinajstić information content (AvgIpc) is 2.68. The Bertz CT molecular complexity index is 458. The molecule has 0 atom stereocenters. The van der Waals surface area contributed by atoms with Gasteiger partial charge in [-0.05, 0) is 12.1 Å². The summed E-state index contributed by atoms with van der Waals surface area (Å²) in [5.41, 5.74) is 0.720. The maximum atomic E-state index is 10.5. The number of rotatable bonds is 2. The van der Waals surface area contributed by atoms with Crippen LogP contribution in [0.1, 0.15) is 9.80 Å². The van der Waals surface area contributed by atoms with E-state index in [0.717, 1.165) is 21.9 Å². The van der Waals surface area contributed by atoms with Crippen molar-refractivity contribution in [2.45, 2.75) is 0 Å². The largest absolute Gasteiger partial charge is 1.00 e. The molecule has 4 nitrogen and oxygen atoms in total. The fourth-order valence-corrected chi connectivity index (χ4v) is 1.72. The molecule has 15 heavy (non-hydrogen) atoms. The molecule has 0 aliphatic carbocycles. The number of carbonyl (C=O) groups is 1. The van der Waals surface area contributed by atoms with E-state index < -0.39 is 5.97 Å². The summed E-state index contributed by atoms with van der Waals surface area (Å²) in [6, 6.07) is 5.43. The quantitative estimate of drug-likeness (QED) is 0.519. The molecule has 2 heterocycles. The van der Waals surface area contributed by atoms with Gasteiger partial charge in [-0.3, -0.25) is 4.98 Å². The van der Waals surface area contributed by atoms with Gasteiger partial charge in [0.25, 0.3) is 0 Å². The van der Waals surface area contributed by atoms with Crippen molar-refractivity contribution >= 4 is 17.3 Å². The Hall–Kier alpha value is -1.15. The van der Waals surface area contributed by atoms with Crippen LogP contribution < -0.4 is 24.0 Å². The summed E-state index contributed by atoms with van der Waals surface area (Å²) in [6.45, 7) is 0. The normalized spacial score (nSPS) is 9.33. The van der Waals surface area contributed by atoms with Gasteiger partial charge in [0.1, 0.15) is 11.0 Å². The molecular formula is C9H5LiN2O2S. The van der Waals surface area contributed by atoms with E-state index >= 15 is 0 Å². The van der Waals surface area contributed by atoms with Crippen molar-refractivity contribution in [1.82, 2.24) is 9.97 Å². The van der Waals surface area contributed by atoms with Crippen molar-refractivity contribution in [3.05, 3.63) is 35.6 Å². The van der Waals surface area contributed by atoms with E-state index in [4.69, 9.17) is 0 Å². The van der Waals surface area contributed by atoms with Crippen LogP contribution in [0.5, 0.6) is 0 Å². The summed E-state index contributed by atoms with van der Waals surface area (Å²) in [6.07, 6.45) is 3.13. The molecule has 2 aromatic heterocycles. The summed E-state index contributed by atoms with van der Waals surface area (Å²) in [5, 5.41) is 10.4. The zero-order chi connectivity index (χ0) is 9.97. The van der Waals surface area contributed by atoms with Crippen LogP contribution in [0.2, 0.25) is 0 Å². The van der Waals surface area contributed by atoms with Gasteiger partial charge in [-0.25, -0.2) is 4.98 Å². The van der Waals surface area contributed by atoms with Crippen LogP contribution in [-0.2, 0) is 0 Å². The molecule has 0 aliphatic rings. The summed E-state index contributed by atoms with van der Waals surface area (Å²) >= 11 is 1.06. The summed E-state index contributed by atoms with van der Waals surface area (Å²) in [7, 11) is 0. The Morgan fingerprint density at radius 3 is 2.67 bits per heavy atom. The number of carboxylic acids is 1. The van der Waals surface area contributed by atoms with E-state index in [1.54, 1.807) is 18.3 Å². The number of carboxylic acid groups (broad SMARTS) is 1. The van der Waals surface area contributed by atoms with Crippen LogP contribution in [0.3, 0.4) is 0 Å². The number of aromatic carboxylic acids is 1. The Labute approximate surface area is 102 Å². The molecule has 2 aromatic rings. The maximum Gasteiger partial charge on any atom is 1.00 e. The molecule has 70 valence electrons. The molecule has 0 aliphatic heterocycles. The molecule has 0 bridgehead atoms. The smallest absolute Gasteiger partial charge is 0.542 e. The van der Waals surface area contributed by atoms with Gasteiger partial charge in [0, 0.05) is 12.4 Å². The number of hydrogen-bond donors (Lipinski definition) is 0. The minimum Gasteiger partial charge on any atom is -0.542 e. The first kappa shape index (κ1) is 11.9. The van der Waals surface area contributed by atoms with E-state index in [1.165, 1.54) is 6.20 Å². The predicted molar refractivity (Wildman–Crippen MR) is 49.7 cm³/mol. The van der Waals surface area contributed by atoms with Gasteiger partial charge >= 0.3 is 18.9 Å². The first-order chi connectivity index (χ1) is 6.77. The van der Waals surface area contributed by atoms with Crippen LogP contribution in [0.15, 0.2) is 30.6 Å². The molecule has 0 radical (unpaired) electrons. The Balaban J connectivity index is 0.00000112. The molecule has 6 heteroatoms. The maximum absolute atomic E-state index is 10.5. The third kappa shape index (κ3) is 2.66. The molecular weight excluding hydrogens is 207 g/mol. The molecule has 0 saturated heterocycles. The second-order valence-corrected chi connectivity index (χ2v) is 3.56. The van der Waals surface area contributed by atoms with Crippen molar-refractivity contribution in [1.29, 1.82) is 0 Å². The molecule has 0 spiro atoms. The fraction of sp³-hybridized carbons (Fsp3) is 0. The Morgan fingerprint density at radius 1 is 1.33 bits per heavy atom. The van der Waals surface area contributed by atoms with Gasteiger partial charge in [0.15, 0.2) is 0 Å². The second kappa shape index (κ2) is 5.08. The Morgan fingerprint density at radius 2 is 2.13 bits per heavy atom. The molecule has 0 fully saturated rings. The number of pyridine rings is 1. The molecule has 2 rings (SSSR count). The predicted octanol–water partition coefficient (Wildman–Crippen LogP) is -2.43. The first-order valence-corrected chi connectivity index (χ1v) is 4.67. The van der Waals surface area contributed by atoms with Crippen LogP contribution in [-0.4, -0.2) is 15.9 Å². The minimum atomic E-state index is -1.25. The third-order valence-corrected chi connectivity index (χ3v) is 2.60. The van der Waals surface area contributed by atoms with Gasteiger partial charge in [-0.2, -0.15) is 0 Å². The number of nitrogens with zero attached hydrogens (tertiary/aromatic N) is 2. The fourth-order valence-electron chi connectivity index (χ4n) is 0.995. The topological polar surface area (TPSA) is 65.9 Å². The van der Waals surface area contributed by atoms with E-state index in [0.29, 0.717) is 0 Å². The summed E-state index contributed by atoms with van der Waals surface area (Å²) in [5.74, 6) is -1.25. The SMILES string of the molecule is O=C([O-])c1ncc(-c2ccccn2)s1.[Li+]. The number of hydrogen-bond acceptors (Lipinski definition) is 5. The second-order valence-electron chi connectivity index (χ2n) is 2.53. The zero-order valence-electron chi connectivity index (χ0n) is 8.01. The average molecular weight is 212 g/mol. The van der Waals surface area contributed by atoms with Crippen molar-refractivity contribution < 1.29 is 28.8 Å². The molecule has 0 N–H and O–H groups in total. The minimum absolute atomic E-state index is 0. The monoisotopic (exact) mass is 212 g/mol. The number of thiazole rings is 1. The van der Waals surface area contributed by atoms with E-state index in [-0.39, 0.29) is 23.9 Å². The van der Waals surface area contributed by atoms with E-state index in [9.17, 15) is 9.90 Å². The van der Waals surface area contributed by atoms with Gasteiger partial charge in [-0.1, -0.05) is 6.07 Å². The van der Waals surface area contributed by atoms with Crippen LogP contribution >= 0.6 is 11.3 Å². The standard InChI is InChI=1S/C9H6N2O2S.Li/c12-9(13)8-11-5-7(14-8)6-3-1-2-4-10-6;/h1-5H,(H,12,13);/q;+1/p-1. The third-order valence-electron chi connectivity index (χ3n) is 1.60.